The van der Waals surface area contributed by atoms with Crippen molar-refractivity contribution in [2.45, 2.75) is 31.7 Å². The Hall–Kier alpha value is -1.67. The van der Waals surface area contributed by atoms with Crippen molar-refractivity contribution in [3.05, 3.63) is 74.7 Å². The Morgan fingerprint density at radius 2 is 2.19 bits per heavy atom. The molecule has 0 aliphatic carbocycles. The lowest BCUT2D eigenvalue weighted by Gasteiger charge is -2.39. The summed E-state index contributed by atoms with van der Waals surface area (Å²) in [5.74, 6) is 0. The Morgan fingerprint density at radius 3 is 2.81 bits per heavy atom. The Kier molecular flexibility index (Phi) is 6.62. The minimum absolute atomic E-state index is 0.0816. The lowest BCUT2D eigenvalue weighted by molar-refractivity contribution is -0.384. The highest BCUT2D eigenvalue weighted by atomic mass is 127. The van der Waals surface area contributed by atoms with Crippen LogP contribution in [-0.4, -0.2) is 25.4 Å². The van der Waals surface area contributed by atoms with E-state index in [-0.39, 0.29) is 10.6 Å². The van der Waals surface area contributed by atoms with Crippen LogP contribution in [0.25, 0.3) is 0 Å². The molecule has 0 N–H and O–H groups in total. The quantitative estimate of drug-likeness (QED) is 0.179. The molecule has 1 aliphatic heterocycles. The van der Waals surface area contributed by atoms with Gasteiger partial charge in [0.15, 0.2) is 8.32 Å². The van der Waals surface area contributed by atoms with Crippen molar-refractivity contribution in [2.24, 2.45) is 0 Å². The van der Waals surface area contributed by atoms with Crippen LogP contribution in [0.5, 0.6) is 0 Å². The molecule has 138 valence electrons. The number of allylic oxidation sites excluding steroid dienone is 2. The zero-order valence-electron chi connectivity index (χ0n) is 15.2. The van der Waals surface area contributed by atoms with Gasteiger partial charge in [0.1, 0.15) is 5.69 Å². The molecule has 0 radical (unpaired) electrons. The van der Waals surface area contributed by atoms with Crippen LogP contribution < -0.4 is 4.90 Å². The van der Waals surface area contributed by atoms with Gasteiger partial charge in [-0.15, -0.1) is 5.73 Å². The summed E-state index contributed by atoms with van der Waals surface area (Å²) in [6.07, 6.45) is 10.2. The molecular weight excluding hydrogens is 459 g/mol. The van der Waals surface area contributed by atoms with Crippen LogP contribution in [0, 0.1) is 13.7 Å². The van der Waals surface area contributed by atoms with Gasteiger partial charge >= 0.3 is 0 Å². The molecule has 0 saturated carbocycles. The second kappa shape index (κ2) is 8.35. The van der Waals surface area contributed by atoms with Gasteiger partial charge in [0.25, 0.3) is 5.69 Å². The number of anilines is 1. The van der Waals surface area contributed by atoms with Crippen LogP contribution in [0.3, 0.4) is 0 Å². The van der Waals surface area contributed by atoms with E-state index in [1.807, 2.05) is 41.5 Å². The van der Waals surface area contributed by atoms with E-state index in [0.717, 1.165) is 3.57 Å². The first-order valence-corrected chi connectivity index (χ1v) is 12.8. The van der Waals surface area contributed by atoms with Crippen molar-refractivity contribution in [3.8, 4) is 0 Å². The molecular formula is C19H23IN2O3Si. The van der Waals surface area contributed by atoms with Crippen LogP contribution in [0.2, 0.25) is 19.6 Å². The molecule has 0 saturated heterocycles. The fourth-order valence-electron chi connectivity index (χ4n) is 2.92. The number of nitro benzene ring substituents is 1. The first-order chi connectivity index (χ1) is 12.2. The van der Waals surface area contributed by atoms with Crippen LogP contribution in [-0.2, 0) is 4.43 Å². The molecule has 1 atom stereocenters. The zero-order chi connectivity index (χ0) is 19.4. The zero-order valence-corrected chi connectivity index (χ0v) is 18.4. The number of nitro groups is 1. The summed E-state index contributed by atoms with van der Waals surface area (Å²) in [7, 11) is -1.88. The summed E-state index contributed by atoms with van der Waals surface area (Å²) >= 11 is 2.17. The monoisotopic (exact) mass is 482 g/mol. The summed E-state index contributed by atoms with van der Waals surface area (Å²) in [6, 6.07) is 5.12. The van der Waals surface area contributed by atoms with E-state index in [1.165, 1.54) is 0 Å². The van der Waals surface area contributed by atoms with Gasteiger partial charge in [0.05, 0.1) is 17.1 Å². The molecule has 0 spiro atoms. The molecule has 1 aliphatic rings. The van der Waals surface area contributed by atoms with Crippen LogP contribution in [0.4, 0.5) is 11.4 Å². The minimum Gasteiger partial charge on any atom is -0.407 e. The van der Waals surface area contributed by atoms with Crippen LogP contribution in [0.15, 0.2) is 61.0 Å². The minimum atomic E-state index is -1.88. The largest absolute Gasteiger partial charge is 0.407 e. The molecule has 0 amide bonds. The van der Waals surface area contributed by atoms with Crippen molar-refractivity contribution in [1.29, 1.82) is 0 Å². The number of rotatable bonds is 6. The fourth-order valence-corrected chi connectivity index (χ4v) is 4.83. The topological polar surface area (TPSA) is 55.6 Å². The summed E-state index contributed by atoms with van der Waals surface area (Å²) in [5, 5.41) is 11.5. The smallest absolute Gasteiger partial charge is 0.292 e. The Labute approximate surface area is 169 Å². The maximum Gasteiger partial charge on any atom is 0.292 e. The molecule has 0 fully saturated rings. The van der Waals surface area contributed by atoms with Gasteiger partial charge in [0, 0.05) is 22.3 Å². The molecule has 5 nitrogen and oxygen atoms in total. The van der Waals surface area contributed by atoms with Gasteiger partial charge in [-0.3, -0.25) is 10.1 Å². The number of nitrogens with zero attached hydrogens (tertiary/aromatic N) is 2. The van der Waals surface area contributed by atoms with E-state index in [2.05, 4.69) is 54.5 Å². The third-order valence-electron chi connectivity index (χ3n) is 3.76. The lowest BCUT2D eigenvalue weighted by Crippen LogP contribution is -2.48. The predicted molar refractivity (Wildman–Crippen MR) is 117 cm³/mol. The lowest BCUT2D eigenvalue weighted by atomic mass is 9.98. The highest BCUT2D eigenvalue weighted by Crippen LogP contribution is 2.35. The molecule has 7 heteroatoms. The normalized spacial score (nSPS) is 19.8. The molecule has 1 unspecified atom stereocenters. The number of benzene rings is 1. The maximum atomic E-state index is 11.5. The summed E-state index contributed by atoms with van der Waals surface area (Å²) < 4.78 is 7.47. The molecule has 1 heterocycles. The van der Waals surface area contributed by atoms with Gasteiger partial charge in [-0.05, 0) is 66.5 Å². The Bertz CT molecular complexity index is 794. The first-order valence-electron chi connectivity index (χ1n) is 8.27. The number of hydrogen-bond donors (Lipinski definition) is 0. The van der Waals surface area contributed by atoms with Gasteiger partial charge in [-0.1, -0.05) is 18.7 Å². The molecule has 26 heavy (non-hydrogen) atoms. The van der Waals surface area contributed by atoms with Crippen molar-refractivity contribution in [1.82, 2.24) is 0 Å². The third kappa shape index (κ3) is 5.41. The first kappa shape index (κ1) is 20.6. The van der Waals surface area contributed by atoms with Crippen molar-refractivity contribution in [3.63, 3.8) is 0 Å². The second-order valence-electron chi connectivity index (χ2n) is 7.11. The van der Waals surface area contributed by atoms with E-state index in [1.54, 1.807) is 12.1 Å². The van der Waals surface area contributed by atoms with Gasteiger partial charge in [-0.2, -0.15) is 0 Å². The van der Waals surface area contributed by atoms with E-state index in [0.29, 0.717) is 18.7 Å². The maximum absolute atomic E-state index is 11.5. The summed E-state index contributed by atoms with van der Waals surface area (Å²) in [5.41, 5.74) is 2.87. The molecule has 1 aromatic rings. The molecule has 2 rings (SSSR count). The number of halogens is 1. The Morgan fingerprint density at radius 1 is 1.46 bits per heavy atom. The average molecular weight is 482 g/mol. The second-order valence-corrected chi connectivity index (χ2v) is 12.8. The average Bonchev–Trinajstić information content (AvgIpc) is 2.74. The van der Waals surface area contributed by atoms with Gasteiger partial charge in [-0.25, -0.2) is 0 Å². The van der Waals surface area contributed by atoms with E-state index in [9.17, 15) is 10.1 Å². The van der Waals surface area contributed by atoms with Crippen molar-refractivity contribution < 1.29 is 9.35 Å². The van der Waals surface area contributed by atoms with E-state index >= 15 is 0 Å². The molecule has 0 aromatic heterocycles. The Balaban J connectivity index is 2.50. The van der Waals surface area contributed by atoms with Crippen molar-refractivity contribution >= 4 is 42.3 Å². The van der Waals surface area contributed by atoms with Gasteiger partial charge < -0.3 is 9.33 Å². The van der Waals surface area contributed by atoms with Crippen LogP contribution in [0.1, 0.15) is 6.42 Å². The van der Waals surface area contributed by atoms with E-state index < -0.39 is 13.9 Å². The SMILES string of the molecule is C=C=CCC1(O[Si](C)(C)C)C=CC=CN(c2cc(I)ccc2[N+](=O)[O-])C1. The van der Waals surface area contributed by atoms with Crippen molar-refractivity contribution in [2.75, 3.05) is 11.4 Å². The summed E-state index contributed by atoms with van der Waals surface area (Å²) in [6.45, 7) is 10.5. The highest BCUT2D eigenvalue weighted by molar-refractivity contribution is 14.1. The molecule has 0 bridgehead atoms. The van der Waals surface area contributed by atoms with Gasteiger partial charge in [0.2, 0.25) is 0 Å². The van der Waals surface area contributed by atoms with Crippen LogP contribution >= 0.6 is 22.6 Å². The number of hydrogen-bond acceptors (Lipinski definition) is 4. The molecule has 1 aromatic carbocycles. The van der Waals surface area contributed by atoms with E-state index in [4.69, 9.17) is 4.43 Å². The summed E-state index contributed by atoms with van der Waals surface area (Å²) in [4.78, 5) is 13.1. The standard InChI is InChI=1S/C19H23IN2O3Si/c1-5-6-11-19(25-26(2,3)4)12-7-8-13-21(15-19)18-14-16(20)9-10-17(18)22(23)24/h6-10,12-14H,1,11,15H2,2-4H3. The predicted octanol–water partition coefficient (Wildman–Crippen LogP) is 5.41. The highest BCUT2D eigenvalue weighted by Gasteiger charge is 2.36. The third-order valence-corrected chi connectivity index (χ3v) is 5.45. The fraction of sp³-hybridized carbons (Fsp3) is 0.316.